The molecule has 8 nitrogen and oxygen atoms in total. The van der Waals surface area contributed by atoms with Crippen molar-refractivity contribution in [2.24, 2.45) is 0 Å². The highest BCUT2D eigenvalue weighted by molar-refractivity contribution is 6.03. The summed E-state index contributed by atoms with van der Waals surface area (Å²) in [5.41, 5.74) is 1.66. The van der Waals surface area contributed by atoms with Gasteiger partial charge in [-0.3, -0.25) is 9.78 Å². The summed E-state index contributed by atoms with van der Waals surface area (Å²) in [5, 5.41) is 5.83. The summed E-state index contributed by atoms with van der Waals surface area (Å²) in [5.74, 6) is 1.10. The number of methoxy groups -OCH3 is 2. The standard InChI is InChI=1S/C19H19N5O3/c1-26-16-7-6-13(11-17(16)27-2)23-18(25)15-8-10-21-19(24-15)22-12-14-5-3-4-9-20-14/h3-11H,12H2,1-2H3,(H,23,25)(H,21,22,24). The van der Waals surface area contributed by atoms with E-state index in [0.717, 1.165) is 5.69 Å². The van der Waals surface area contributed by atoms with Crippen LogP contribution in [0.2, 0.25) is 0 Å². The molecule has 0 saturated carbocycles. The van der Waals surface area contributed by atoms with Crippen LogP contribution in [0.3, 0.4) is 0 Å². The van der Waals surface area contributed by atoms with Gasteiger partial charge in [0.05, 0.1) is 26.5 Å². The van der Waals surface area contributed by atoms with Crippen molar-refractivity contribution >= 4 is 17.5 Å². The Morgan fingerprint density at radius 1 is 1.00 bits per heavy atom. The Morgan fingerprint density at radius 3 is 2.59 bits per heavy atom. The summed E-state index contributed by atoms with van der Waals surface area (Å²) in [7, 11) is 3.09. The molecular weight excluding hydrogens is 346 g/mol. The average Bonchev–Trinajstić information content (AvgIpc) is 2.73. The molecule has 0 aliphatic heterocycles. The number of anilines is 2. The Bertz CT molecular complexity index is 918. The number of hydrogen-bond donors (Lipinski definition) is 2. The quantitative estimate of drug-likeness (QED) is 0.664. The number of amides is 1. The highest BCUT2D eigenvalue weighted by atomic mass is 16.5. The molecule has 27 heavy (non-hydrogen) atoms. The average molecular weight is 365 g/mol. The highest BCUT2D eigenvalue weighted by Gasteiger charge is 2.11. The third-order valence-corrected chi connectivity index (χ3v) is 3.68. The second kappa shape index (κ2) is 8.61. The van der Waals surface area contributed by atoms with E-state index in [2.05, 4.69) is 25.6 Å². The summed E-state index contributed by atoms with van der Waals surface area (Å²) in [6, 6.07) is 12.3. The molecule has 0 aliphatic rings. The predicted molar refractivity (Wildman–Crippen MR) is 101 cm³/mol. The summed E-state index contributed by atoms with van der Waals surface area (Å²) in [6.07, 6.45) is 3.24. The number of aromatic nitrogens is 3. The number of ether oxygens (including phenoxy) is 2. The van der Waals surface area contributed by atoms with Crippen molar-refractivity contribution in [2.75, 3.05) is 24.9 Å². The number of carbonyl (C=O) groups is 1. The lowest BCUT2D eigenvalue weighted by atomic mass is 10.2. The van der Waals surface area contributed by atoms with Crippen molar-refractivity contribution in [3.05, 3.63) is 66.2 Å². The molecule has 0 unspecified atom stereocenters. The highest BCUT2D eigenvalue weighted by Crippen LogP contribution is 2.29. The van der Waals surface area contributed by atoms with Gasteiger partial charge >= 0.3 is 0 Å². The summed E-state index contributed by atoms with van der Waals surface area (Å²) >= 11 is 0. The van der Waals surface area contributed by atoms with Crippen molar-refractivity contribution in [3.8, 4) is 11.5 Å². The zero-order valence-corrected chi connectivity index (χ0v) is 15.0. The van der Waals surface area contributed by atoms with Crippen LogP contribution in [0.15, 0.2) is 54.9 Å². The van der Waals surface area contributed by atoms with Gasteiger partial charge in [-0.1, -0.05) is 6.07 Å². The van der Waals surface area contributed by atoms with E-state index in [1.165, 1.54) is 13.3 Å². The molecule has 3 rings (SSSR count). The number of rotatable bonds is 7. The zero-order valence-electron chi connectivity index (χ0n) is 15.0. The van der Waals surface area contributed by atoms with Crippen LogP contribution < -0.4 is 20.1 Å². The molecule has 2 N–H and O–H groups in total. The molecule has 1 amide bonds. The van der Waals surface area contributed by atoms with Gasteiger partial charge in [-0.2, -0.15) is 0 Å². The third kappa shape index (κ3) is 4.69. The van der Waals surface area contributed by atoms with Gasteiger partial charge in [-0.15, -0.1) is 0 Å². The molecule has 0 spiro atoms. The minimum Gasteiger partial charge on any atom is -0.493 e. The summed E-state index contributed by atoms with van der Waals surface area (Å²) in [4.78, 5) is 25.1. The Labute approximate surface area is 156 Å². The molecule has 2 aromatic heterocycles. The summed E-state index contributed by atoms with van der Waals surface area (Å²) < 4.78 is 10.4. The van der Waals surface area contributed by atoms with Crippen molar-refractivity contribution in [1.29, 1.82) is 0 Å². The zero-order chi connectivity index (χ0) is 19.1. The van der Waals surface area contributed by atoms with E-state index in [9.17, 15) is 4.79 Å². The smallest absolute Gasteiger partial charge is 0.274 e. The van der Waals surface area contributed by atoms with Gasteiger partial charge in [-0.05, 0) is 30.3 Å². The van der Waals surface area contributed by atoms with Crippen molar-refractivity contribution in [1.82, 2.24) is 15.0 Å². The van der Waals surface area contributed by atoms with Gasteiger partial charge in [-0.25, -0.2) is 9.97 Å². The van der Waals surface area contributed by atoms with Gasteiger partial charge in [0.1, 0.15) is 5.69 Å². The largest absolute Gasteiger partial charge is 0.493 e. The van der Waals surface area contributed by atoms with Gasteiger partial charge in [0, 0.05) is 24.1 Å². The molecule has 0 saturated heterocycles. The fourth-order valence-electron chi connectivity index (χ4n) is 2.35. The molecule has 2 heterocycles. The lowest BCUT2D eigenvalue weighted by Gasteiger charge is -2.11. The maximum absolute atomic E-state index is 12.5. The maximum atomic E-state index is 12.5. The topological polar surface area (TPSA) is 98.3 Å². The van der Waals surface area contributed by atoms with E-state index < -0.39 is 0 Å². The number of pyridine rings is 1. The first-order valence-electron chi connectivity index (χ1n) is 8.20. The molecule has 138 valence electrons. The minimum absolute atomic E-state index is 0.239. The van der Waals surface area contributed by atoms with Gasteiger partial charge in [0.25, 0.3) is 5.91 Å². The van der Waals surface area contributed by atoms with E-state index in [1.807, 2.05) is 18.2 Å². The number of hydrogen-bond acceptors (Lipinski definition) is 7. The van der Waals surface area contributed by atoms with E-state index in [0.29, 0.717) is 29.7 Å². The van der Waals surface area contributed by atoms with Crippen molar-refractivity contribution in [3.63, 3.8) is 0 Å². The van der Waals surface area contributed by atoms with Crippen molar-refractivity contribution in [2.45, 2.75) is 6.54 Å². The van der Waals surface area contributed by atoms with Crippen LogP contribution in [-0.4, -0.2) is 35.1 Å². The number of nitrogens with zero attached hydrogens (tertiary/aromatic N) is 3. The molecule has 0 atom stereocenters. The fourth-order valence-corrected chi connectivity index (χ4v) is 2.35. The molecule has 1 aromatic carbocycles. The van der Waals surface area contributed by atoms with Gasteiger partial charge in [0.15, 0.2) is 11.5 Å². The number of nitrogens with one attached hydrogen (secondary N) is 2. The van der Waals surface area contributed by atoms with E-state index in [-0.39, 0.29) is 11.6 Å². The molecule has 0 radical (unpaired) electrons. The SMILES string of the molecule is COc1ccc(NC(=O)c2ccnc(NCc3ccccn3)n2)cc1OC. The van der Waals surface area contributed by atoms with Crippen LogP contribution in [0, 0.1) is 0 Å². The Balaban J connectivity index is 1.68. The Morgan fingerprint density at radius 2 is 1.85 bits per heavy atom. The molecule has 0 bridgehead atoms. The number of carbonyl (C=O) groups excluding carboxylic acids is 1. The van der Waals surface area contributed by atoms with Crippen LogP contribution in [0.4, 0.5) is 11.6 Å². The van der Waals surface area contributed by atoms with E-state index >= 15 is 0 Å². The molecule has 3 aromatic rings. The fraction of sp³-hybridized carbons (Fsp3) is 0.158. The van der Waals surface area contributed by atoms with Crippen LogP contribution in [0.1, 0.15) is 16.2 Å². The van der Waals surface area contributed by atoms with Crippen LogP contribution in [0.5, 0.6) is 11.5 Å². The lowest BCUT2D eigenvalue weighted by Crippen LogP contribution is -2.15. The molecule has 8 heteroatoms. The van der Waals surface area contributed by atoms with E-state index in [1.54, 1.807) is 37.6 Å². The third-order valence-electron chi connectivity index (χ3n) is 3.68. The van der Waals surface area contributed by atoms with E-state index in [4.69, 9.17) is 9.47 Å². The van der Waals surface area contributed by atoms with Gasteiger partial charge < -0.3 is 20.1 Å². The van der Waals surface area contributed by atoms with Gasteiger partial charge in [0.2, 0.25) is 5.95 Å². The monoisotopic (exact) mass is 365 g/mol. The van der Waals surface area contributed by atoms with Crippen LogP contribution >= 0.6 is 0 Å². The molecular formula is C19H19N5O3. The maximum Gasteiger partial charge on any atom is 0.274 e. The predicted octanol–water partition coefficient (Wildman–Crippen LogP) is 2.75. The second-order valence-corrected chi connectivity index (χ2v) is 5.46. The summed E-state index contributed by atoms with van der Waals surface area (Å²) in [6.45, 7) is 0.460. The lowest BCUT2D eigenvalue weighted by molar-refractivity contribution is 0.102. The molecule has 0 fully saturated rings. The number of benzene rings is 1. The van der Waals surface area contributed by atoms with Crippen LogP contribution in [0.25, 0.3) is 0 Å². The first kappa shape index (κ1) is 18.1. The second-order valence-electron chi connectivity index (χ2n) is 5.46. The normalized spacial score (nSPS) is 10.1. The Hall–Kier alpha value is -3.68. The van der Waals surface area contributed by atoms with Crippen molar-refractivity contribution < 1.29 is 14.3 Å². The first-order valence-corrected chi connectivity index (χ1v) is 8.20. The first-order chi connectivity index (χ1) is 13.2. The molecule has 0 aliphatic carbocycles. The minimum atomic E-state index is -0.356. The Kier molecular flexibility index (Phi) is 5.78. The van der Waals surface area contributed by atoms with Crippen LogP contribution in [-0.2, 0) is 6.54 Å².